The van der Waals surface area contributed by atoms with Gasteiger partial charge in [0.15, 0.2) is 0 Å². The average molecular weight is 322 g/mol. The summed E-state index contributed by atoms with van der Waals surface area (Å²) in [6, 6.07) is 5.53. The molecule has 0 bridgehead atoms. The highest BCUT2D eigenvalue weighted by Gasteiger charge is 2.08. The van der Waals surface area contributed by atoms with E-state index in [1.807, 2.05) is 12.1 Å². The number of aromatic nitrogens is 4. The van der Waals surface area contributed by atoms with Crippen LogP contribution in [-0.2, 0) is 0 Å². The molecular formula is C7H5ClIN5. The Morgan fingerprint density at radius 3 is 2.86 bits per heavy atom. The molecule has 0 aliphatic carbocycles. The van der Waals surface area contributed by atoms with Gasteiger partial charge in [0.25, 0.3) is 0 Å². The third-order valence-corrected chi connectivity index (χ3v) is 2.62. The molecule has 1 aromatic carbocycles. The van der Waals surface area contributed by atoms with Crippen molar-refractivity contribution < 1.29 is 0 Å². The SMILES string of the molecule is Nc1nnnn1-c1cc(I)ccc1Cl. The van der Waals surface area contributed by atoms with Crippen molar-refractivity contribution in [3.05, 3.63) is 26.8 Å². The average Bonchev–Trinajstić information content (AvgIpc) is 2.56. The van der Waals surface area contributed by atoms with Gasteiger partial charge in [-0.3, -0.25) is 0 Å². The van der Waals surface area contributed by atoms with Crippen molar-refractivity contribution in [3.63, 3.8) is 0 Å². The zero-order valence-electron chi connectivity index (χ0n) is 6.85. The van der Waals surface area contributed by atoms with E-state index < -0.39 is 0 Å². The van der Waals surface area contributed by atoms with Crippen LogP contribution in [0.15, 0.2) is 18.2 Å². The van der Waals surface area contributed by atoms with Crippen molar-refractivity contribution in [2.75, 3.05) is 5.73 Å². The molecule has 0 saturated carbocycles. The minimum absolute atomic E-state index is 0.217. The molecule has 0 unspecified atom stereocenters. The maximum Gasteiger partial charge on any atom is 0.245 e. The second-order valence-electron chi connectivity index (χ2n) is 2.54. The summed E-state index contributed by atoms with van der Waals surface area (Å²) in [4.78, 5) is 0. The van der Waals surface area contributed by atoms with Gasteiger partial charge in [0.1, 0.15) is 0 Å². The molecule has 72 valence electrons. The summed E-state index contributed by atoms with van der Waals surface area (Å²) in [5.74, 6) is 0.217. The smallest absolute Gasteiger partial charge is 0.245 e. The van der Waals surface area contributed by atoms with Gasteiger partial charge in [-0.15, -0.1) is 0 Å². The molecule has 2 N–H and O–H groups in total. The summed E-state index contributed by atoms with van der Waals surface area (Å²) < 4.78 is 2.43. The Bertz CT molecular complexity index is 469. The molecule has 1 aromatic heterocycles. The van der Waals surface area contributed by atoms with E-state index in [-0.39, 0.29) is 5.95 Å². The number of nitrogens with zero attached hydrogens (tertiary/aromatic N) is 4. The monoisotopic (exact) mass is 321 g/mol. The van der Waals surface area contributed by atoms with Gasteiger partial charge in [-0.25, -0.2) is 0 Å². The van der Waals surface area contributed by atoms with E-state index in [9.17, 15) is 0 Å². The number of benzene rings is 1. The molecular weight excluding hydrogens is 316 g/mol. The number of hydrogen-bond acceptors (Lipinski definition) is 4. The number of nitrogen functional groups attached to an aromatic ring is 1. The highest BCUT2D eigenvalue weighted by atomic mass is 127. The molecule has 0 radical (unpaired) electrons. The van der Waals surface area contributed by atoms with Crippen LogP contribution in [0, 0.1) is 3.57 Å². The highest BCUT2D eigenvalue weighted by Crippen LogP contribution is 2.22. The van der Waals surface area contributed by atoms with Gasteiger partial charge >= 0.3 is 0 Å². The van der Waals surface area contributed by atoms with Gasteiger partial charge in [0, 0.05) is 3.57 Å². The van der Waals surface area contributed by atoms with Crippen LogP contribution in [0.1, 0.15) is 0 Å². The van der Waals surface area contributed by atoms with Crippen molar-refractivity contribution in [2.45, 2.75) is 0 Å². The normalized spacial score (nSPS) is 10.4. The maximum absolute atomic E-state index is 5.98. The first-order valence-corrected chi connectivity index (χ1v) is 5.13. The topological polar surface area (TPSA) is 69.6 Å². The standard InChI is InChI=1S/C7H5ClIN5/c8-5-2-1-4(9)3-6(5)14-7(10)11-12-13-14/h1-3H,(H2,10,11,13). The second kappa shape index (κ2) is 3.70. The van der Waals surface area contributed by atoms with Crippen molar-refractivity contribution in [1.29, 1.82) is 0 Å². The summed E-state index contributed by atoms with van der Waals surface area (Å²) in [5.41, 5.74) is 6.24. The first-order chi connectivity index (χ1) is 6.68. The first-order valence-electron chi connectivity index (χ1n) is 3.68. The van der Waals surface area contributed by atoms with Crippen LogP contribution < -0.4 is 5.73 Å². The van der Waals surface area contributed by atoms with E-state index in [0.29, 0.717) is 10.7 Å². The van der Waals surface area contributed by atoms with Gasteiger partial charge in [-0.05, 0) is 51.2 Å². The van der Waals surface area contributed by atoms with Crippen LogP contribution in [0.5, 0.6) is 0 Å². The highest BCUT2D eigenvalue weighted by molar-refractivity contribution is 14.1. The quantitative estimate of drug-likeness (QED) is 0.808. The fourth-order valence-corrected chi connectivity index (χ4v) is 1.69. The Morgan fingerprint density at radius 1 is 1.43 bits per heavy atom. The number of hydrogen-bond donors (Lipinski definition) is 1. The van der Waals surface area contributed by atoms with Gasteiger partial charge in [-0.2, -0.15) is 4.68 Å². The molecule has 7 heteroatoms. The van der Waals surface area contributed by atoms with Crippen LogP contribution in [-0.4, -0.2) is 20.2 Å². The largest absolute Gasteiger partial charge is 0.366 e. The summed E-state index contributed by atoms with van der Waals surface area (Å²) in [6.45, 7) is 0. The Hall–Kier alpha value is -0.890. The maximum atomic E-state index is 5.98. The molecule has 0 saturated heterocycles. The van der Waals surface area contributed by atoms with Gasteiger partial charge in [-0.1, -0.05) is 16.7 Å². The number of anilines is 1. The number of nitrogens with two attached hydrogens (primary N) is 1. The second-order valence-corrected chi connectivity index (χ2v) is 4.20. The molecule has 0 aliphatic rings. The predicted octanol–water partition coefficient (Wildman–Crippen LogP) is 1.50. The summed E-state index contributed by atoms with van der Waals surface area (Å²) in [6.07, 6.45) is 0. The molecule has 2 rings (SSSR count). The summed E-state index contributed by atoms with van der Waals surface area (Å²) >= 11 is 8.16. The van der Waals surface area contributed by atoms with E-state index >= 15 is 0 Å². The first kappa shape index (κ1) is 9.66. The Labute approximate surface area is 98.4 Å². The Morgan fingerprint density at radius 2 is 2.21 bits per heavy atom. The van der Waals surface area contributed by atoms with Gasteiger partial charge in [0.05, 0.1) is 10.7 Å². The van der Waals surface area contributed by atoms with E-state index in [1.54, 1.807) is 6.07 Å². The van der Waals surface area contributed by atoms with Crippen molar-refractivity contribution in [1.82, 2.24) is 20.2 Å². The lowest BCUT2D eigenvalue weighted by atomic mass is 10.3. The molecule has 0 atom stereocenters. The molecule has 0 fully saturated rings. The minimum Gasteiger partial charge on any atom is -0.366 e. The van der Waals surface area contributed by atoms with Crippen LogP contribution in [0.3, 0.4) is 0 Å². The van der Waals surface area contributed by atoms with Gasteiger partial charge < -0.3 is 5.73 Å². The molecule has 2 aromatic rings. The molecule has 0 spiro atoms. The van der Waals surface area contributed by atoms with Crippen LogP contribution in [0.4, 0.5) is 5.95 Å². The zero-order valence-corrected chi connectivity index (χ0v) is 9.77. The van der Waals surface area contributed by atoms with E-state index in [4.69, 9.17) is 17.3 Å². The van der Waals surface area contributed by atoms with Crippen molar-refractivity contribution >= 4 is 40.1 Å². The number of halogens is 2. The van der Waals surface area contributed by atoms with E-state index in [2.05, 4.69) is 38.1 Å². The minimum atomic E-state index is 0.217. The molecule has 1 heterocycles. The third kappa shape index (κ3) is 1.67. The summed E-state index contributed by atoms with van der Waals surface area (Å²) in [5, 5.41) is 11.3. The van der Waals surface area contributed by atoms with E-state index in [0.717, 1.165) is 3.57 Å². The van der Waals surface area contributed by atoms with Crippen LogP contribution in [0.25, 0.3) is 5.69 Å². The fourth-order valence-electron chi connectivity index (χ4n) is 1.01. The number of rotatable bonds is 1. The molecule has 5 nitrogen and oxygen atoms in total. The van der Waals surface area contributed by atoms with Crippen molar-refractivity contribution in [3.8, 4) is 5.69 Å². The van der Waals surface area contributed by atoms with Gasteiger partial charge in [0.2, 0.25) is 5.95 Å². The molecule has 14 heavy (non-hydrogen) atoms. The number of tetrazole rings is 1. The Kier molecular flexibility index (Phi) is 2.55. The fraction of sp³-hybridized carbons (Fsp3) is 0. The lowest BCUT2D eigenvalue weighted by Crippen LogP contribution is -2.03. The van der Waals surface area contributed by atoms with Crippen LogP contribution >= 0.6 is 34.2 Å². The lowest BCUT2D eigenvalue weighted by molar-refractivity contribution is 0.791. The Balaban J connectivity index is 2.62. The van der Waals surface area contributed by atoms with E-state index in [1.165, 1.54) is 4.68 Å². The van der Waals surface area contributed by atoms with Crippen molar-refractivity contribution in [2.24, 2.45) is 0 Å². The molecule has 0 aliphatic heterocycles. The molecule has 0 amide bonds. The zero-order chi connectivity index (χ0) is 10.1. The predicted molar refractivity (Wildman–Crippen MR) is 61.3 cm³/mol. The lowest BCUT2D eigenvalue weighted by Gasteiger charge is -2.03. The third-order valence-electron chi connectivity index (χ3n) is 1.63. The van der Waals surface area contributed by atoms with Crippen LogP contribution in [0.2, 0.25) is 5.02 Å². The summed E-state index contributed by atoms with van der Waals surface area (Å²) in [7, 11) is 0.